The number of rotatable bonds is 2. The minimum atomic E-state index is -0.185. The fourth-order valence-electron chi connectivity index (χ4n) is 2.40. The molecule has 3 rings (SSSR count). The summed E-state index contributed by atoms with van der Waals surface area (Å²) < 4.78 is 13.3. The number of nitrogens with zero attached hydrogens (tertiary/aromatic N) is 2. The number of benzene rings is 1. The smallest absolute Gasteiger partial charge is 0.125 e. The molecule has 1 aliphatic heterocycles. The summed E-state index contributed by atoms with van der Waals surface area (Å²) in [5.74, 6) is 0.334. The molecule has 0 saturated carbocycles. The van der Waals surface area contributed by atoms with E-state index in [0.717, 1.165) is 30.8 Å². The first-order valence-corrected chi connectivity index (χ1v) is 5.96. The van der Waals surface area contributed by atoms with Crippen LogP contribution in [0.4, 0.5) is 15.9 Å². The van der Waals surface area contributed by atoms with E-state index in [1.54, 1.807) is 12.3 Å². The van der Waals surface area contributed by atoms with Gasteiger partial charge in [-0.05, 0) is 41.8 Å². The van der Waals surface area contributed by atoms with E-state index >= 15 is 0 Å². The second kappa shape index (κ2) is 4.29. The van der Waals surface area contributed by atoms with Crippen molar-refractivity contribution in [1.82, 2.24) is 4.98 Å². The zero-order valence-corrected chi connectivity index (χ0v) is 9.94. The lowest BCUT2D eigenvalue weighted by molar-refractivity contribution is 0.627. The van der Waals surface area contributed by atoms with Crippen LogP contribution in [0.25, 0.3) is 0 Å². The molecule has 0 fully saturated rings. The van der Waals surface area contributed by atoms with E-state index in [4.69, 9.17) is 5.73 Å². The SMILES string of the molecule is Nc1cc(CN2CCc3ccc(F)cc32)ccn1. The summed E-state index contributed by atoms with van der Waals surface area (Å²) in [6.07, 6.45) is 2.67. The van der Waals surface area contributed by atoms with Gasteiger partial charge in [0, 0.05) is 25.0 Å². The van der Waals surface area contributed by atoms with Crippen molar-refractivity contribution >= 4 is 11.5 Å². The van der Waals surface area contributed by atoms with Gasteiger partial charge in [-0.2, -0.15) is 0 Å². The minimum Gasteiger partial charge on any atom is -0.384 e. The van der Waals surface area contributed by atoms with Gasteiger partial charge >= 0.3 is 0 Å². The van der Waals surface area contributed by atoms with Crippen LogP contribution in [-0.2, 0) is 13.0 Å². The summed E-state index contributed by atoms with van der Waals surface area (Å²) in [7, 11) is 0. The van der Waals surface area contributed by atoms with Crippen molar-refractivity contribution in [2.75, 3.05) is 17.2 Å². The summed E-state index contributed by atoms with van der Waals surface area (Å²) in [6.45, 7) is 1.66. The average Bonchev–Trinajstić information content (AvgIpc) is 2.72. The van der Waals surface area contributed by atoms with E-state index in [1.807, 2.05) is 18.2 Å². The molecule has 1 aromatic heterocycles. The van der Waals surface area contributed by atoms with Crippen molar-refractivity contribution in [3.8, 4) is 0 Å². The van der Waals surface area contributed by atoms with Gasteiger partial charge in [0.05, 0.1) is 0 Å². The Hall–Kier alpha value is -2.10. The highest BCUT2D eigenvalue weighted by Gasteiger charge is 2.19. The van der Waals surface area contributed by atoms with Crippen molar-refractivity contribution in [2.24, 2.45) is 0 Å². The van der Waals surface area contributed by atoms with Gasteiger partial charge < -0.3 is 10.6 Å². The lowest BCUT2D eigenvalue weighted by Gasteiger charge is -2.19. The van der Waals surface area contributed by atoms with E-state index < -0.39 is 0 Å². The Morgan fingerprint density at radius 3 is 3.00 bits per heavy atom. The summed E-state index contributed by atoms with van der Waals surface area (Å²) in [4.78, 5) is 6.15. The second-order valence-electron chi connectivity index (χ2n) is 4.53. The minimum absolute atomic E-state index is 0.185. The molecule has 18 heavy (non-hydrogen) atoms. The van der Waals surface area contributed by atoms with Gasteiger partial charge in [-0.3, -0.25) is 0 Å². The van der Waals surface area contributed by atoms with Gasteiger partial charge in [-0.15, -0.1) is 0 Å². The van der Waals surface area contributed by atoms with Gasteiger partial charge in [0.25, 0.3) is 0 Å². The maximum absolute atomic E-state index is 13.3. The Morgan fingerprint density at radius 1 is 1.28 bits per heavy atom. The summed E-state index contributed by atoms with van der Waals surface area (Å²) in [5.41, 5.74) is 8.96. The molecule has 4 heteroatoms. The second-order valence-corrected chi connectivity index (χ2v) is 4.53. The van der Waals surface area contributed by atoms with Crippen LogP contribution in [0.2, 0.25) is 0 Å². The molecule has 92 valence electrons. The molecule has 2 N–H and O–H groups in total. The fourth-order valence-corrected chi connectivity index (χ4v) is 2.40. The third-order valence-corrected chi connectivity index (χ3v) is 3.26. The first-order chi connectivity index (χ1) is 8.72. The zero-order valence-electron chi connectivity index (χ0n) is 9.94. The maximum atomic E-state index is 13.3. The molecule has 3 nitrogen and oxygen atoms in total. The van der Waals surface area contributed by atoms with Gasteiger partial charge in [0.15, 0.2) is 0 Å². The number of hydrogen-bond donors (Lipinski definition) is 1. The third-order valence-electron chi connectivity index (χ3n) is 3.26. The van der Waals surface area contributed by atoms with E-state index in [-0.39, 0.29) is 5.82 Å². The number of anilines is 2. The molecule has 1 aliphatic rings. The monoisotopic (exact) mass is 243 g/mol. The van der Waals surface area contributed by atoms with E-state index in [0.29, 0.717) is 5.82 Å². The van der Waals surface area contributed by atoms with Crippen LogP contribution in [0.1, 0.15) is 11.1 Å². The molecule has 0 aliphatic carbocycles. The van der Waals surface area contributed by atoms with Crippen LogP contribution in [-0.4, -0.2) is 11.5 Å². The van der Waals surface area contributed by atoms with E-state index in [9.17, 15) is 4.39 Å². The number of aromatic nitrogens is 1. The summed E-state index contributed by atoms with van der Waals surface area (Å²) in [6, 6.07) is 8.79. The van der Waals surface area contributed by atoms with Crippen molar-refractivity contribution in [3.63, 3.8) is 0 Å². The molecule has 0 atom stereocenters. The molecular weight excluding hydrogens is 229 g/mol. The van der Waals surface area contributed by atoms with Gasteiger partial charge in [-0.25, -0.2) is 9.37 Å². The van der Waals surface area contributed by atoms with Gasteiger partial charge in [0.1, 0.15) is 11.6 Å². The molecule has 0 radical (unpaired) electrons. The lowest BCUT2D eigenvalue weighted by Crippen LogP contribution is -2.19. The predicted molar refractivity (Wildman–Crippen MR) is 69.8 cm³/mol. The predicted octanol–water partition coefficient (Wildman–Crippen LogP) is 2.37. The van der Waals surface area contributed by atoms with Crippen LogP contribution in [0, 0.1) is 5.82 Å². The van der Waals surface area contributed by atoms with Crippen molar-refractivity contribution in [2.45, 2.75) is 13.0 Å². The zero-order chi connectivity index (χ0) is 12.5. The highest BCUT2D eigenvalue weighted by molar-refractivity contribution is 5.58. The third kappa shape index (κ3) is 2.01. The number of halogens is 1. The number of nitrogens with two attached hydrogens (primary N) is 1. The van der Waals surface area contributed by atoms with Crippen LogP contribution in [0.5, 0.6) is 0 Å². The number of fused-ring (bicyclic) bond motifs is 1. The van der Waals surface area contributed by atoms with E-state index in [2.05, 4.69) is 9.88 Å². The molecule has 0 amide bonds. The van der Waals surface area contributed by atoms with Gasteiger partial charge in [-0.1, -0.05) is 6.07 Å². The molecule has 0 bridgehead atoms. The summed E-state index contributed by atoms with van der Waals surface area (Å²) >= 11 is 0. The molecule has 0 saturated heterocycles. The largest absolute Gasteiger partial charge is 0.384 e. The highest BCUT2D eigenvalue weighted by atomic mass is 19.1. The molecule has 0 unspecified atom stereocenters. The number of hydrogen-bond acceptors (Lipinski definition) is 3. The molecule has 2 heterocycles. The quantitative estimate of drug-likeness (QED) is 0.880. The number of pyridine rings is 1. The Kier molecular flexibility index (Phi) is 2.63. The van der Waals surface area contributed by atoms with E-state index in [1.165, 1.54) is 11.6 Å². The highest BCUT2D eigenvalue weighted by Crippen LogP contribution is 2.29. The Balaban J connectivity index is 1.86. The van der Waals surface area contributed by atoms with Crippen molar-refractivity contribution in [3.05, 3.63) is 53.5 Å². The Bertz CT molecular complexity index is 583. The lowest BCUT2D eigenvalue weighted by atomic mass is 10.1. The standard InChI is InChI=1S/C14H14FN3/c15-12-2-1-11-4-6-18(13(11)8-12)9-10-3-5-17-14(16)7-10/h1-3,5,7-8H,4,6,9H2,(H2,16,17). The maximum Gasteiger partial charge on any atom is 0.125 e. The number of nitrogen functional groups attached to an aromatic ring is 1. The molecular formula is C14H14FN3. The van der Waals surface area contributed by atoms with Crippen molar-refractivity contribution < 1.29 is 4.39 Å². The first-order valence-electron chi connectivity index (χ1n) is 5.96. The Morgan fingerprint density at radius 2 is 2.17 bits per heavy atom. The fraction of sp³-hybridized carbons (Fsp3) is 0.214. The molecule has 0 spiro atoms. The topological polar surface area (TPSA) is 42.1 Å². The van der Waals surface area contributed by atoms with Crippen LogP contribution in [0.15, 0.2) is 36.5 Å². The van der Waals surface area contributed by atoms with Crippen LogP contribution < -0.4 is 10.6 Å². The van der Waals surface area contributed by atoms with Crippen LogP contribution >= 0.6 is 0 Å². The Labute approximate surface area is 105 Å². The summed E-state index contributed by atoms with van der Waals surface area (Å²) in [5, 5.41) is 0. The average molecular weight is 243 g/mol. The normalized spacial score (nSPS) is 13.7. The van der Waals surface area contributed by atoms with Gasteiger partial charge in [0.2, 0.25) is 0 Å². The molecule has 1 aromatic carbocycles. The van der Waals surface area contributed by atoms with Crippen molar-refractivity contribution in [1.29, 1.82) is 0 Å². The first kappa shape index (κ1) is 11.0. The molecule has 2 aromatic rings. The van der Waals surface area contributed by atoms with Crippen LogP contribution in [0.3, 0.4) is 0 Å².